The second-order valence-corrected chi connectivity index (χ2v) is 4.94. The van der Waals surface area contributed by atoms with Crippen molar-refractivity contribution in [3.63, 3.8) is 0 Å². The van der Waals surface area contributed by atoms with Crippen molar-refractivity contribution < 1.29 is 14.7 Å². The molecule has 1 aromatic rings. The van der Waals surface area contributed by atoms with Gasteiger partial charge in [-0.2, -0.15) is 0 Å². The van der Waals surface area contributed by atoms with E-state index in [2.05, 4.69) is 15.3 Å². The number of carbonyl (C=O) groups is 2. The third kappa shape index (κ3) is 2.00. The largest absolute Gasteiger partial charge is 0.481 e. The van der Waals surface area contributed by atoms with E-state index in [0.29, 0.717) is 12.1 Å². The molecule has 2 bridgehead atoms. The van der Waals surface area contributed by atoms with Gasteiger partial charge in [0.15, 0.2) is 0 Å². The van der Waals surface area contributed by atoms with Crippen molar-refractivity contribution >= 4 is 17.7 Å². The molecule has 0 radical (unpaired) electrons. The number of urea groups is 1. The van der Waals surface area contributed by atoms with Crippen LogP contribution in [0.2, 0.25) is 0 Å². The van der Waals surface area contributed by atoms with Crippen LogP contribution in [0.1, 0.15) is 19.3 Å². The molecule has 2 amide bonds. The van der Waals surface area contributed by atoms with E-state index in [4.69, 9.17) is 5.11 Å². The standard InChI is InChI=1S/C12H14N4O3/c17-11(18)9-3-8-1-2-10(9)16(8)12(19)15-7-4-13-6-14-5-7/h4-6,8-10H,1-3H2,(H,15,19)(H,17,18). The van der Waals surface area contributed by atoms with Crippen molar-refractivity contribution in [2.45, 2.75) is 31.3 Å². The molecule has 0 saturated carbocycles. The summed E-state index contributed by atoms with van der Waals surface area (Å²) in [4.78, 5) is 32.7. The number of carboxylic acids is 1. The van der Waals surface area contributed by atoms with Crippen LogP contribution in [0.25, 0.3) is 0 Å². The minimum absolute atomic E-state index is 0.0377. The number of aliphatic carboxylic acids is 1. The first kappa shape index (κ1) is 11.9. The zero-order valence-electron chi connectivity index (χ0n) is 10.2. The predicted octanol–water partition coefficient (Wildman–Crippen LogP) is 0.946. The smallest absolute Gasteiger partial charge is 0.322 e. The van der Waals surface area contributed by atoms with E-state index in [9.17, 15) is 9.59 Å². The van der Waals surface area contributed by atoms with Crippen molar-refractivity contribution in [3.8, 4) is 0 Å². The van der Waals surface area contributed by atoms with Crippen LogP contribution in [0.3, 0.4) is 0 Å². The third-order valence-corrected chi connectivity index (χ3v) is 3.90. The number of carboxylic acid groups (broad SMARTS) is 1. The van der Waals surface area contributed by atoms with E-state index in [-0.39, 0.29) is 18.1 Å². The molecule has 2 fully saturated rings. The lowest BCUT2D eigenvalue weighted by Gasteiger charge is -2.23. The van der Waals surface area contributed by atoms with Crippen LogP contribution in [0.15, 0.2) is 18.7 Å². The number of hydrogen-bond donors (Lipinski definition) is 2. The average molecular weight is 262 g/mol. The summed E-state index contributed by atoms with van der Waals surface area (Å²) in [6.45, 7) is 0. The Morgan fingerprint density at radius 3 is 2.68 bits per heavy atom. The molecule has 2 aliphatic rings. The topological polar surface area (TPSA) is 95.4 Å². The van der Waals surface area contributed by atoms with E-state index in [1.807, 2.05) is 0 Å². The van der Waals surface area contributed by atoms with E-state index < -0.39 is 11.9 Å². The molecule has 1 aromatic heterocycles. The highest BCUT2D eigenvalue weighted by atomic mass is 16.4. The summed E-state index contributed by atoms with van der Waals surface area (Å²) >= 11 is 0. The number of nitrogens with zero attached hydrogens (tertiary/aromatic N) is 3. The van der Waals surface area contributed by atoms with E-state index in [1.54, 1.807) is 4.90 Å². The maximum absolute atomic E-state index is 12.2. The number of amides is 2. The molecule has 7 heteroatoms. The van der Waals surface area contributed by atoms with Crippen LogP contribution in [0.5, 0.6) is 0 Å². The lowest BCUT2D eigenvalue weighted by atomic mass is 9.89. The van der Waals surface area contributed by atoms with Gasteiger partial charge in [-0.1, -0.05) is 0 Å². The first-order chi connectivity index (χ1) is 9.16. The fraction of sp³-hybridized carbons (Fsp3) is 0.500. The van der Waals surface area contributed by atoms with Gasteiger partial charge in [-0.25, -0.2) is 14.8 Å². The normalized spacial score (nSPS) is 28.4. The van der Waals surface area contributed by atoms with Crippen LogP contribution in [0, 0.1) is 5.92 Å². The molecular formula is C12H14N4O3. The molecular weight excluding hydrogens is 248 g/mol. The molecule has 3 atom stereocenters. The monoisotopic (exact) mass is 262 g/mol. The summed E-state index contributed by atoms with van der Waals surface area (Å²) in [5.74, 6) is -1.25. The van der Waals surface area contributed by atoms with Gasteiger partial charge >= 0.3 is 12.0 Å². The Hall–Kier alpha value is -2.18. The number of anilines is 1. The first-order valence-corrected chi connectivity index (χ1v) is 6.24. The van der Waals surface area contributed by atoms with Crippen molar-refractivity contribution in [2.24, 2.45) is 5.92 Å². The molecule has 0 spiro atoms. The molecule has 100 valence electrons. The Morgan fingerprint density at radius 2 is 2.05 bits per heavy atom. The Bertz CT molecular complexity index is 507. The van der Waals surface area contributed by atoms with Gasteiger partial charge in [0.05, 0.1) is 24.0 Å². The Labute approximate surface area is 109 Å². The fourth-order valence-corrected chi connectivity index (χ4v) is 3.12. The molecule has 3 unspecified atom stereocenters. The van der Waals surface area contributed by atoms with Crippen LogP contribution in [-0.4, -0.2) is 44.1 Å². The molecule has 3 heterocycles. The fourth-order valence-electron chi connectivity index (χ4n) is 3.12. The van der Waals surface area contributed by atoms with Gasteiger partial charge in [-0.05, 0) is 19.3 Å². The molecule has 2 saturated heterocycles. The number of carbonyl (C=O) groups excluding carboxylic acids is 1. The third-order valence-electron chi connectivity index (χ3n) is 3.90. The number of nitrogens with one attached hydrogen (secondary N) is 1. The average Bonchev–Trinajstić information content (AvgIpc) is 2.97. The minimum Gasteiger partial charge on any atom is -0.481 e. The van der Waals surface area contributed by atoms with Crippen molar-refractivity contribution in [1.82, 2.24) is 14.9 Å². The Kier molecular flexibility index (Phi) is 2.81. The number of aromatic nitrogens is 2. The summed E-state index contributed by atoms with van der Waals surface area (Å²) < 4.78 is 0. The van der Waals surface area contributed by atoms with Crippen LogP contribution < -0.4 is 5.32 Å². The van der Waals surface area contributed by atoms with Crippen LogP contribution in [-0.2, 0) is 4.79 Å². The second kappa shape index (κ2) is 4.49. The van der Waals surface area contributed by atoms with Crippen molar-refractivity contribution in [2.75, 3.05) is 5.32 Å². The molecule has 7 nitrogen and oxygen atoms in total. The van der Waals surface area contributed by atoms with Crippen molar-refractivity contribution in [3.05, 3.63) is 18.7 Å². The van der Waals surface area contributed by atoms with Gasteiger partial charge in [-0.3, -0.25) is 4.79 Å². The van der Waals surface area contributed by atoms with E-state index in [0.717, 1.165) is 12.8 Å². The van der Waals surface area contributed by atoms with Gasteiger partial charge < -0.3 is 15.3 Å². The molecule has 0 aromatic carbocycles. The van der Waals surface area contributed by atoms with Gasteiger partial charge in [0, 0.05) is 12.1 Å². The number of fused-ring (bicyclic) bond motifs is 2. The highest BCUT2D eigenvalue weighted by Crippen LogP contribution is 2.41. The highest BCUT2D eigenvalue weighted by molar-refractivity contribution is 5.90. The van der Waals surface area contributed by atoms with E-state index >= 15 is 0 Å². The molecule has 0 aliphatic carbocycles. The minimum atomic E-state index is -0.812. The molecule has 19 heavy (non-hydrogen) atoms. The van der Waals surface area contributed by atoms with Gasteiger partial charge in [0.25, 0.3) is 0 Å². The first-order valence-electron chi connectivity index (χ1n) is 6.24. The quantitative estimate of drug-likeness (QED) is 0.827. The lowest BCUT2D eigenvalue weighted by Crippen LogP contribution is -2.40. The van der Waals surface area contributed by atoms with Gasteiger partial charge in [0.2, 0.25) is 0 Å². The summed E-state index contributed by atoms with van der Waals surface area (Å²) in [5, 5.41) is 11.9. The van der Waals surface area contributed by atoms with Crippen LogP contribution in [0.4, 0.5) is 10.5 Å². The summed E-state index contributed by atoms with van der Waals surface area (Å²) in [6.07, 6.45) is 6.61. The molecule has 3 rings (SSSR count). The lowest BCUT2D eigenvalue weighted by molar-refractivity contribution is -0.142. The van der Waals surface area contributed by atoms with E-state index in [1.165, 1.54) is 18.7 Å². The number of hydrogen-bond acceptors (Lipinski definition) is 4. The molecule has 2 N–H and O–H groups in total. The Morgan fingerprint density at radius 1 is 1.32 bits per heavy atom. The predicted molar refractivity (Wildman–Crippen MR) is 65.4 cm³/mol. The Balaban J connectivity index is 1.73. The second-order valence-electron chi connectivity index (χ2n) is 4.94. The molecule has 2 aliphatic heterocycles. The zero-order valence-corrected chi connectivity index (χ0v) is 10.2. The zero-order chi connectivity index (χ0) is 13.4. The highest BCUT2D eigenvalue weighted by Gasteiger charge is 2.51. The number of rotatable bonds is 2. The summed E-state index contributed by atoms with van der Waals surface area (Å²) in [7, 11) is 0. The maximum Gasteiger partial charge on any atom is 0.322 e. The SMILES string of the molecule is O=C(O)C1CC2CCC1N2C(=O)Nc1cncnc1. The van der Waals surface area contributed by atoms with Gasteiger partial charge in [-0.15, -0.1) is 0 Å². The van der Waals surface area contributed by atoms with Gasteiger partial charge in [0.1, 0.15) is 6.33 Å². The van der Waals surface area contributed by atoms with Crippen LogP contribution >= 0.6 is 0 Å². The maximum atomic E-state index is 12.2. The summed E-state index contributed by atoms with van der Waals surface area (Å²) in [5.41, 5.74) is 0.519. The summed E-state index contributed by atoms with van der Waals surface area (Å²) in [6, 6.07) is -0.408. The van der Waals surface area contributed by atoms with Crippen molar-refractivity contribution in [1.29, 1.82) is 0 Å².